The molecule has 1 atom stereocenters. The van der Waals surface area contributed by atoms with Crippen molar-refractivity contribution in [2.45, 2.75) is 47.0 Å². The van der Waals surface area contributed by atoms with Crippen LogP contribution in [-0.2, 0) is 0 Å². The van der Waals surface area contributed by atoms with Crippen LogP contribution in [0.25, 0.3) is 0 Å². The van der Waals surface area contributed by atoms with E-state index in [-0.39, 0.29) is 0 Å². The zero-order chi connectivity index (χ0) is 10.7. The third kappa shape index (κ3) is 2.37. The molecule has 0 saturated heterocycles. The van der Waals surface area contributed by atoms with Gasteiger partial charge >= 0.3 is 0 Å². The van der Waals surface area contributed by atoms with E-state index in [0.29, 0.717) is 0 Å². The Morgan fingerprint density at radius 1 is 1.43 bits per heavy atom. The molecular weight excluding hydrogens is 168 g/mol. The third-order valence-electron chi connectivity index (χ3n) is 3.15. The molecule has 1 aliphatic carbocycles. The molecule has 0 aromatic heterocycles. The molecule has 14 heavy (non-hydrogen) atoms. The van der Waals surface area contributed by atoms with Crippen molar-refractivity contribution >= 4 is 0 Å². The largest absolute Gasteiger partial charge is 0.0985 e. The van der Waals surface area contributed by atoms with E-state index >= 15 is 0 Å². The minimum Gasteiger partial charge on any atom is -0.0985 e. The van der Waals surface area contributed by atoms with Crippen molar-refractivity contribution in [2.75, 3.05) is 0 Å². The average molecular weight is 190 g/mol. The normalized spacial score (nSPS) is 22.1. The Morgan fingerprint density at radius 3 is 2.57 bits per heavy atom. The van der Waals surface area contributed by atoms with Crippen molar-refractivity contribution < 1.29 is 0 Å². The molecule has 0 saturated carbocycles. The quantitative estimate of drug-likeness (QED) is 0.556. The number of allylic oxidation sites excluding steroid dienone is 5. The van der Waals surface area contributed by atoms with Crippen molar-refractivity contribution in [1.29, 1.82) is 0 Å². The summed E-state index contributed by atoms with van der Waals surface area (Å²) in [5.74, 6) is 0.836. The van der Waals surface area contributed by atoms with E-state index in [1.807, 2.05) is 6.08 Å². The first-order valence-electron chi connectivity index (χ1n) is 5.55. The van der Waals surface area contributed by atoms with Gasteiger partial charge in [0.2, 0.25) is 0 Å². The summed E-state index contributed by atoms with van der Waals surface area (Å²) >= 11 is 0. The van der Waals surface area contributed by atoms with E-state index in [2.05, 4.69) is 34.3 Å². The highest BCUT2D eigenvalue weighted by Crippen LogP contribution is 2.34. The molecule has 0 spiro atoms. The molecule has 0 aliphatic heterocycles. The van der Waals surface area contributed by atoms with E-state index in [1.54, 1.807) is 11.1 Å². The van der Waals surface area contributed by atoms with Gasteiger partial charge in [-0.25, -0.2) is 0 Å². The lowest BCUT2D eigenvalue weighted by Crippen LogP contribution is -2.08. The van der Waals surface area contributed by atoms with Gasteiger partial charge in [0.05, 0.1) is 0 Å². The third-order valence-corrected chi connectivity index (χ3v) is 3.15. The van der Waals surface area contributed by atoms with Crippen LogP contribution in [-0.4, -0.2) is 0 Å². The van der Waals surface area contributed by atoms with Gasteiger partial charge in [0.15, 0.2) is 0 Å². The van der Waals surface area contributed by atoms with Crippen molar-refractivity contribution in [3.63, 3.8) is 0 Å². The van der Waals surface area contributed by atoms with Crippen LogP contribution in [0.15, 0.2) is 34.9 Å². The van der Waals surface area contributed by atoms with E-state index in [0.717, 1.165) is 5.92 Å². The summed E-state index contributed by atoms with van der Waals surface area (Å²) in [6.45, 7) is 12.9. The molecule has 0 aromatic carbocycles. The zero-order valence-corrected chi connectivity index (χ0v) is 9.98. The van der Waals surface area contributed by atoms with E-state index < -0.39 is 0 Å². The molecule has 1 aliphatic rings. The van der Waals surface area contributed by atoms with Gasteiger partial charge in [0.1, 0.15) is 0 Å². The number of hydrogen-bond acceptors (Lipinski definition) is 0. The molecule has 0 aromatic rings. The minimum absolute atomic E-state index is 0.836. The predicted octanol–water partition coefficient (Wildman–Crippen LogP) is 4.65. The van der Waals surface area contributed by atoms with Crippen molar-refractivity contribution in [1.82, 2.24) is 0 Å². The van der Waals surface area contributed by atoms with Gasteiger partial charge in [0.25, 0.3) is 0 Å². The Labute approximate surface area is 88.4 Å². The Bertz CT molecular complexity index is 285. The Morgan fingerprint density at radius 2 is 2.07 bits per heavy atom. The molecular formula is C14H22. The highest BCUT2D eigenvalue weighted by molar-refractivity contribution is 5.45. The van der Waals surface area contributed by atoms with Crippen LogP contribution in [0.3, 0.4) is 0 Å². The summed E-state index contributed by atoms with van der Waals surface area (Å²) < 4.78 is 0. The maximum atomic E-state index is 3.92. The lowest BCUT2D eigenvalue weighted by molar-refractivity contribution is 0.500. The summed E-state index contributed by atoms with van der Waals surface area (Å²) in [4.78, 5) is 0. The molecule has 0 amide bonds. The van der Waals surface area contributed by atoms with Crippen LogP contribution in [0.2, 0.25) is 0 Å². The summed E-state index contributed by atoms with van der Waals surface area (Å²) in [5.41, 5.74) is 5.90. The number of hydrogen-bond donors (Lipinski definition) is 0. The topological polar surface area (TPSA) is 0 Å². The minimum atomic E-state index is 0.836. The summed E-state index contributed by atoms with van der Waals surface area (Å²) in [7, 11) is 0. The van der Waals surface area contributed by atoms with Gasteiger partial charge in [-0.3, -0.25) is 0 Å². The lowest BCUT2D eigenvalue weighted by atomic mass is 9.81. The fourth-order valence-electron chi connectivity index (χ4n) is 2.21. The lowest BCUT2D eigenvalue weighted by Gasteiger charge is -2.24. The van der Waals surface area contributed by atoms with Gasteiger partial charge in [-0.15, -0.1) is 0 Å². The molecule has 0 radical (unpaired) electrons. The molecule has 0 bridgehead atoms. The standard InChI is InChI=1S/C14H22/c1-6-13(10(2)3)14-9-11(4)7-8-12(14)5/h6,11H,1,7-9H2,2-5H3. The van der Waals surface area contributed by atoms with Gasteiger partial charge in [-0.2, -0.15) is 0 Å². The number of rotatable bonds is 2. The zero-order valence-electron chi connectivity index (χ0n) is 9.98. The Kier molecular flexibility index (Phi) is 3.74. The van der Waals surface area contributed by atoms with Crippen LogP contribution in [0.4, 0.5) is 0 Å². The molecule has 0 fully saturated rings. The Hall–Kier alpha value is -0.780. The van der Waals surface area contributed by atoms with Crippen LogP contribution in [0.5, 0.6) is 0 Å². The van der Waals surface area contributed by atoms with Crippen LogP contribution in [0.1, 0.15) is 47.0 Å². The summed E-state index contributed by atoms with van der Waals surface area (Å²) in [6.07, 6.45) is 5.87. The molecule has 1 unspecified atom stereocenters. The van der Waals surface area contributed by atoms with E-state index in [9.17, 15) is 0 Å². The van der Waals surface area contributed by atoms with Crippen LogP contribution >= 0.6 is 0 Å². The maximum absolute atomic E-state index is 3.92. The van der Waals surface area contributed by atoms with Gasteiger partial charge in [0, 0.05) is 0 Å². The average Bonchev–Trinajstić information content (AvgIpc) is 2.11. The smallest absolute Gasteiger partial charge is 0.0244 e. The fraction of sp³-hybridized carbons (Fsp3) is 0.571. The van der Waals surface area contributed by atoms with Crippen molar-refractivity contribution in [3.05, 3.63) is 34.9 Å². The van der Waals surface area contributed by atoms with Crippen molar-refractivity contribution in [3.8, 4) is 0 Å². The second kappa shape index (κ2) is 4.63. The molecule has 1 rings (SSSR count). The second-order valence-corrected chi connectivity index (χ2v) is 4.72. The maximum Gasteiger partial charge on any atom is -0.0244 e. The molecule has 78 valence electrons. The van der Waals surface area contributed by atoms with Gasteiger partial charge in [-0.05, 0) is 57.1 Å². The predicted molar refractivity (Wildman–Crippen MR) is 64.3 cm³/mol. The fourth-order valence-corrected chi connectivity index (χ4v) is 2.21. The van der Waals surface area contributed by atoms with Gasteiger partial charge < -0.3 is 0 Å². The van der Waals surface area contributed by atoms with E-state index in [4.69, 9.17) is 0 Å². The molecule has 0 heteroatoms. The molecule has 0 nitrogen and oxygen atoms in total. The highest BCUT2D eigenvalue weighted by atomic mass is 14.2. The summed E-state index contributed by atoms with van der Waals surface area (Å²) in [6, 6.07) is 0. The van der Waals surface area contributed by atoms with Crippen LogP contribution < -0.4 is 0 Å². The van der Waals surface area contributed by atoms with Crippen molar-refractivity contribution in [2.24, 2.45) is 5.92 Å². The van der Waals surface area contributed by atoms with Crippen LogP contribution in [0, 0.1) is 5.92 Å². The monoisotopic (exact) mass is 190 g/mol. The Balaban J connectivity index is 3.06. The first-order valence-corrected chi connectivity index (χ1v) is 5.55. The SMILES string of the molecule is C=CC(=C(C)C)C1=C(C)CCC(C)C1. The first kappa shape index (κ1) is 11.3. The molecule has 0 heterocycles. The first-order chi connectivity index (χ1) is 6.56. The summed E-state index contributed by atoms with van der Waals surface area (Å²) in [5, 5.41) is 0. The highest BCUT2D eigenvalue weighted by Gasteiger charge is 2.17. The molecule has 0 N–H and O–H groups in total. The van der Waals surface area contributed by atoms with Gasteiger partial charge in [-0.1, -0.05) is 30.7 Å². The van der Waals surface area contributed by atoms with E-state index in [1.165, 1.54) is 30.4 Å². The second-order valence-electron chi connectivity index (χ2n) is 4.72.